The van der Waals surface area contributed by atoms with E-state index in [1.165, 1.54) is 25.4 Å². The molecule has 1 aromatic carbocycles. The van der Waals surface area contributed by atoms with Gasteiger partial charge in [-0.25, -0.2) is 9.97 Å². The van der Waals surface area contributed by atoms with E-state index in [0.717, 1.165) is 12.3 Å². The molecule has 0 radical (unpaired) electrons. The second kappa shape index (κ2) is 11.3. The molecule has 0 saturated carbocycles. The lowest BCUT2D eigenvalue weighted by Gasteiger charge is -2.33. The van der Waals surface area contributed by atoms with Gasteiger partial charge >= 0.3 is 12.4 Å². The highest BCUT2D eigenvalue weighted by molar-refractivity contribution is 6.36. The van der Waals surface area contributed by atoms with Crippen molar-refractivity contribution >= 4 is 22.5 Å². The first-order valence-electron chi connectivity index (χ1n) is 13.3. The number of ether oxygens (including phenoxy) is 1. The highest BCUT2D eigenvalue weighted by Gasteiger charge is 2.42. The molecule has 14 heteroatoms. The zero-order valence-electron chi connectivity index (χ0n) is 23.4. The summed E-state index contributed by atoms with van der Waals surface area (Å²) in [6.45, 7) is 2.26. The van der Waals surface area contributed by atoms with E-state index < -0.39 is 29.6 Å². The Labute approximate surface area is 248 Å². The number of alkyl halides is 6. The molecule has 1 aliphatic rings. The number of imidazole rings is 1. The number of aromatic nitrogens is 4. The van der Waals surface area contributed by atoms with Gasteiger partial charge in [0, 0.05) is 30.7 Å². The molecular formula is C29H28ClF6N5O2. The van der Waals surface area contributed by atoms with Gasteiger partial charge in [0.05, 0.1) is 35.5 Å². The fraction of sp³-hybridized carbons (Fsp3) is 0.414. The van der Waals surface area contributed by atoms with Crippen LogP contribution in [0.2, 0.25) is 5.02 Å². The SMILES string of the molecule is COc1nc2ccc([C@](O)(c3ccnc(C(F)(F)F)c3)c3cnc(C)n3C)cc2c(Cl)c1CN1CCC(C(F)(F)F)CC1. The van der Waals surface area contributed by atoms with Crippen LogP contribution in [0.5, 0.6) is 5.88 Å². The predicted octanol–water partition coefficient (Wildman–Crippen LogP) is 6.41. The van der Waals surface area contributed by atoms with Crippen LogP contribution in [0.25, 0.3) is 10.9 Å². The van der Waals surface area contributed by atoms with Crippen molar-refractivity contribution in [3.63, 3.8) is 0 Å². The molecule has 4 heterocycles. The second-order valence-corrected chi connectivity index (χ2v) is 11.0. The maximum Gasteiger partial charge on any atom is 0.433 e. The summed E-state index contributed by atoms with van der Waals surface area (Å²) in [7, 11) is 3.04. The summed E-state index contributed by atoms with van der Waals surface area (Å²) in [5, 5.41) is 12.9. The lowest BCUT2D eigenvalue weighted by Crippen LogP contribution is -2.38. The number of methoxy groups -OCH3 is 1. The Kier molecular flexibility index (Phi) is 8.12. The Morgan fingerprint density at radius 2 is 1.70 bits per heavy atom. The fourth-order valence-corrected chi connectivity index (χ4v) is 5.82. The van der Waals surface area contributed by atoms with Gasteiger partial charge in [0.25, 0.3) is 0 Å². The number of aliphatic hydroxyl groups is 1. The molecule has 0 bridgehead atoms. The monoisotopic (exact) mass is 627 g/mol. The minimum atomic E-state index is -4.75. The van der Waals surface area contributed by atoms with E-state index in [0.29, 0.717) is 22.3 Å². The number of aryl methyl sites for hydroxylation is 1. The summed E-state index contributed by atoms with van der Waals surface area (Å²) in [5.41, 5.74) is -2.16. The number of nitrogens with zero attached hydrogens (tertiary/aromatic N) is 5. The number of rotatable bonds is 6. The number of benzene rings is 1. The van der Waals surface area contributed by atoms with Gasteiger partial charge in [-0.1, -0.05) is 17.7 Å². The maximum atomic E-state index is 13.6. The summed E-state index contributed by atoms with van der Waals surface area (Å²) in [4.78, 5) is 14.1. The molecule has 0 aliphatic carbocycles. The average Bonchev–Trinajstić information content (AvgIpc) is 3.31. The fourth-order valence-electron chi connectivity index (χ4n) is 5.53. The summed E-state index contributed by atoms with van der Waals surface area (Å²) in [5.74, 6) is -0.650. The zero-order chi connectivity index (χ0) is 31.3. The molecule has 4 aromatic rings. The van der Waals surface area contributed by atoms with E-state index in [9.17, 15) is 31.4 Å². The van der Waals surface area contributed by atoms with Crippen molar-refractivity contribution in [3.05, 3.63) is 81.7 Å². The van der Waals surface area contributed by atoms with Crippen molar-refractivity contribution < 1.29 is 36.2 Å². The maximum absolute atomic E-state index is 13.6. The van der Waals surface area contributed by atoms with Crippen LogP contribution in [0.3, 0.4) is 0 Å². The van der Waals surface area contributed by atoms with Gasteiger partial charge < -0.3 is 14.4 Å². The molecule has 5 rings (SSSR count). The normalized spacial score (nSPS) is 16.9. The van der Waals surface area contributed by atoms with E-state index in [-0.39, 0.29) is 60.2 Å². The third-order valence-corrected chi connectivity index (χ3v) is 8.51. The Hall–Kier alpha value is -3.42. The molecule has 230 valence electrons. The molecule has 7 nitrogen and oxygen atoms in total. The molecule has 1 N–H and O–H groups in total. The highest BCUT2D eigenvalue weighted by Crippen LogP contribution is 2.42. The highest BCUT2D eigenvalue weighted by atomic mass is 35.5. The van der Waals surface area contributed by atoms with Gasteiger partial charge in [-0.2, -0.15) is 26.3 Å². The molecule has 1 fully saturated rings. The van der Waals surface area contributed by atoms with Crippen LogP contribution in [0.4, 0.5) is 26.3 Å². The average molecular weight is 628 g/mol. The minimum Gasteiger partial charge on any atom is -0.481 e. The van der Waals surface area contributed by atoms with Crippen molar-refractivity contribution in [1.29, 1.82) is 0 Å². The van der Waals surface area contributed by atoms with Crippen molar-refractivity contribution in [2.75, 3.05) is 20.2 Å². The van der Waals surface area contributed by atoms with Gasteiger partial charge in [0.1, 0.15) is 11.5 Å². The summed E-state index contributed by atoms with van der Waals surface area (Å²) in [6, 6.07) is 6.72. The zero-order valence-corrected chi connectivity index (χ0v) is 24.1. The van der Waals surface area contributed by atoms with Crippen LogP contribution in [0.15, 0.2) is 42.7 Å². The van der Waals surface area contributed by atoms with E-state index in [1.807, 2.05) is 4.90 Å². The minimum absolute atomic E-state index is 0.0441. The van der Waals surface area contributed by atoms with Crippen LogP contribution < -0.4 is 4.74 Å². The second-order valence-electron chi connectivity index (χ2n) is 10.6. The number of piperidine rings is 1. The molecular weight excluding hydrogens is 600 g/mol. The Morgan fingerprint density at radius 1 is 1.02 bits per heavy atom. The van der Waals surface area contributed by atoms with Crippen LogP contribution >= 0.6 is 11.6 Å². The molecule has 1 atom stereocenters. The van der Waals surface area contributed by atoms with Crippen molar-refractivity contribution in [3.8, 4) is 5.88 Å². The molecule has 43 heavy (non-hydrogen) atoms. The number of fused-ring (bicyclic) bond motifs is 1. The largest absolute Gasteiger partial charge is 0.481 e. The van der Waals surface area contributed by atoms with Gasteiger partial charge in [-0.05, 0) is 68.2 Å². The Balaban J connectivity index is 1.62. The molecule has 0 amide bonds. The van der Waals surface area contributed by atoms with Crippen LogP contribution in [0, 0.1) is 12.8 Å². The molecule has 0 unspecified atom stereocenters. The van der Waals surface area contributed by atoms with Gasteiger partial charge in [-0.3, -0.25) is 9.88 Å². The van der Waals surface area contributed by atoms with E-state index >= 15 is 0 Å². The van der Waals surface area contributed by atoms with Crippen LogP contribution in [-0.2, 0) is 25.4 Å². The number of halogens is 7. The third-order valence-electron chi connectivity index (χ3n) is 8.08. The summed E-state index contributed by atoms with van der Waals surface area (Å²) >= 11 is 6.90. The molecule has 1 aliphatic heterocycles. The summed E-state index contributed by atoms with van der Waals surface area (Å²) < 4.78 is 87.5. The summed E-state index contributed by atoms with van der Waals surface area (Å²) in [6.07, 6.45) is -6.73. The van der Waals surface area contributed by atoms with Crippen LogP contribution in [-0.4, -0.2) is 55.9 Å². The Bertz CT molecular complexity index is 1650. The number of pyridine rings is 2. The van der Waals surface area contributed by atoms with E-state index in [2.05, 4.69) is 15.0 Å². The molecule has 3 aromatic heterocycles. The lowest BCUT2D eigenvalue weighted by atomic mass is 9.83. The Morgan fingerprint density at radius 3 is 2.28 bits per heavy atom. The number of hydrogen-bond donors (Lipinski definition) is 1. The molecule has 0 spiro atoms. The number of hydrogen-bond acceptors (Lipinski definition) is 6. The van der Waals surface area contributed by atoms with Crippen molar-refractivity contribution in [1.82, 2.24) is 24.4 Å². The van der Waals surface area contributed by atoms with E-state index in [1.54, 1.807) is 30.7 Å². The van der Waals surface area contributed by atoms with Crippen molar-refractivity contribution in [2.45, 2.75) is 44.3 Å². The first-order valence-corrected chi connectivity index (χ1v) is 13.7. The third kappa shape index (κ3) is 5.77. The topological polar surface area (TPSA) is 76.3 Å². The first-order chi connectivity index (χ1) is 20.1. The van der Waals surface area contributed by atoms with Crippen LogP contribution in [0.1, 0.15) is 46.7 Å². The van der Waals surface area contributed by atoms with E-state index in [4.69, 9.17) is 16.3 Å². The first kappa shape index (κ1) is 31.0. The lowest BCUT2D eigenvalue weighted by molar-refractivity contribution is -0.185. The molecule has 1 saturated heterocycles. The standard InChI is InChI=1S/C29H28ClF6N5O2/c1-16-38-14-24(40(16)2)27(42,19-6-9-37-23(13-19)29(34,35)36)18-4-5-22-20(12-18)25(30)21(26(39-22)43-3)15-41-10-7-17(8-11-41)28(31,32)33/h4-6,9,12-14,17,42H,7-8,10-11,15H2,1-3H3/t27-/m0/s1. The predicted molar refractivity (Wildman–Crippen MR) is 147 cm³/mol. The van der Waals surface area contributed by atoms with Gasteiger partial charge in [0.2, 0.25) is 5.88 Å². The van der Waals surface area contributed by atoms with Crippen molar-refractivity contribution in [2.24, 2.45) is 13.0 Å². The van der Waals surface area contributed by atoms with Gasteiger partial charge in [0.15, 0.2) is 5.60 Å². The number of likely N-dealkylation sites (tertiary alicyclic amines) is 1. The quantitative estimate of drug-likeness (QED) is 0.249. The van der Waals surface area contributed by atoms with Gasteiger partial charge in [-0.15, -0.1) is 0 Å². The smallest absolute Gasteiger partial charge is 0.433 e.